The highest BCUT2D eigenvalue weighted by molar-refractivity contribution is 7.10. The average molecular weight is 181 g/mol. The molecule has 1 unspecified atom stereocenters. The Labute approximate surface area is 77.9 Å². The molecule has 1 atom stereocenters. The van der Waals surface area contributed by atoms with Crippen LogP contribution in [0.25, 0.3) is 0 Å². The first-order valence-corrected chi connectivity index (χ1v) is 5.12. The Morgan fingerprint density at radius 3 is 3.08 bits per heavy atom. The molecule has 1 nitrogen and oxygen atoms in total. The van der Waals surface area contributed by atoms with Crippen LogP contribution >= 0.6 is 11.3 Å². The lowest BCUT2D eigenvalue weighted by Crippen LogP contribution is -2.07. The van der Waals surface area contributed by atoms with Crippen LogP contribution in [0.3, 0.4) is 0 Å². The van der Waals surface area contributed by atoms with Crippen molar-refractivity contribution in [2.75, 3.05) is 0 Å². The first kappa shape index (κ1) is 9.49. The van der Waals surface area contributed by atoms with Crippen molar-refractivity contribution in [2.24, 2.45) is 5.73 Å². The predicted molar refractivity (Wildman–Crippen MR) is 55.3 cm³/mol. The number of unbranched alkanes of at least 4 members (excludes halogenated alkanes) is 1. The summed E-state index contributed by atoms with van der Waals surface area (Å²) >= 11 is 1.74. The molecule has 66 valence electrons. The summed E-state index contributed by atoms with van der Waals surface area (Å²) in [5, 5.41) is 2.07. The summed E-state index contributed by atoms with van der Waals surface area (Å²) in [5.41, 5.74) is 5.96. The third-order valence-corrected chi connectivity index (χ3v) is 2.84. The van der Waals surface area contributed by atoms with Gasteiger partial charge in [-0.05, 0) is 30.7 Å². The van der Waals surface area contributed by atoms with Crippen molar-refractivity contribution in [3.8, 4) is 0 Å². The molecule has 2 N–H and O–H groups in total. The van der Waals surface area contributed by atoms with Crippen LogP contribution in [-0.2, 0) is 0 Å². The molecule has 0 spiro atoms. The van der Waals surface area contributed by atoms with Gasteiger partial charge in [-0.25, -0.2) is 0 Å². The van der Waals surface area contributed by atoms with Crippen LogP contribution < -0.4 is 5.73 Å². The van der Waals surface area contributed by atoms with Gasteiger partial charge in [0.1, 0.15) is 0 Å². The number of thiophene rings is 1. The number of rotatable bonds is 5. The zero-order chi connectivity index (χ0) is 8.81. The van der Waals surface area contributed by atoms with Gasteiger partial charge in [0, 0.05) is 10.9 Å². The van der Waals surface area contributed by atoms with E-state index < -0.39 is 0 Å². The lowest BCUT2D eigenvalue weighted by Gasteiger charge is -2.07. The Morgan fingerprint density at radius 1 is 1.67 bits per heavy atom. The van der Waals surface area contributed by atoms with Gasteiger partial charge in [-0.3, -0.25) is 0 Å². The zero-order valence-corrected chi connectivity index (χ0v) is 8.02. The lowest BCUT2D eigenvalue weighted by atomic mass is 10.1. The third kappa shape index (κ3) is 2.80. The summed E-state index contributed by atoms with van der Waals surface area (Å²) < 4.78 is 0. The largest absolute Gasteiger partial charge is 0.323 e. The van der Waals surface area contributed by atoms with Crippen LogP contribution in [0, 0.1) is 0 Å². The molecule has 12 heavy (non-hydrogen) atoms. The van der Waals surface area contributed by atoms with E-state index >= 15 is 0 Å². The molecule has 0 radical (unpaired) electrons. The highest BCUT2D eigenvalue weighted by atomic mass is 32.1. The Bertz CT molecular complexity index is 216. The fourth-order valence-electron chi connectivity index (χ4n) is 1.13. The van der Waals surface area contributed by atoms with Crippen LogP contribution in [0.5, 0.6) is 0 Å². The molecule has 2 heteroatoms. The second-order valence-electron chi connectivity index (χ2n) is 2.84. The minimum Gasteiger partial charge on any atom is -0.323 e. The van der Waals surface area contributed by atoms with Crippen molar-refractivity contribution in [3.05, 3.63) is 35.0 Å². The molecule has 0 aliphatic heterocycles. The van der Waals surface area contributed by atoms with E-state index in [2.05, 4.69) is 18.0 Å². The van der Waals surface area contributed by atoms with Crippen molar-refractivity contribution < 1.29 is 0 Å². The maximum atomic E-state index is 5.96. The van der Waals surface area contributed by atoms with E-state index in [0.717, 1.165) is 19.3 Å². The van der Waals surface area contributed by atoms with Gasteiger partial charge in [-0.15, -0.1) is 17.9 Å². The fourth-order valence-corrected chi connectivity index (χ4v) is 1.89. The molecule has 1 aromatic heterocycles. The normalized spacial score (nSPS) is 12.8. The minimum absolute atomic E-state index is 0.227. The summed E-state index contributed by atoms with van der Waals surface area (Å²) in [4.78, 5) is 1.29. The number of hydrogen-bond donors (Lipinski definition) is 1. The fraction of sp³-hybridized carbons (Fsp3) is 0.400. The SMILES string of the molecule is C=CCCCC(N)c1cccs1. The van der Waals surface area contributed by atoms with Crippen LogP contribution in [0.15, 0.2) is 30.2 Å². The predicted octanol–water partition coefficient (Wildman–Crippen LogP) is 3.10. The molecule has 0 fully saturated rings. The van der Waals surface area contributed by atoms with Crippen LogP contribution in [-0.4, -0.2) is 0 Å². The number of allylic oxidation sites excluding steroid dienone is 1. The van der Waals surface area contributed by atoms with Gasteiger partial charge < -0.3 is 5.73 Å². The standard InChI is InChI=1S/C10H15NS/c1-2-3-4-6-9(11)10-7-5-8-12-10/h2,5,7-9H,1,3-4,6,11H2. The molecule has 1 aromatic rings. The maximum absolute atomic E-state index is 5.96. The third-order valence-electron chi connectivity index (χ3n) is 1.83. The van der Waals surface area contributed by atoms with Gasteiger partial charge in [-0.2, -0.15) is 0 Å². The summed E-state index contributed by atoms with van der Waals surface area (Å²) in [5.74, 6) is 0. The highest BCUT2D eigenvalue weighted by Crippen LogP contribution is 2.21. The molecule has 0 bridgehead atoms. The Balaban J connectivity index is 2.29. The Morgan fingerprint density at radius 2 is 2.50 bits per heavy atom. The minimum atomic E-state index is 0.227. The van der Waals surface area contributed by atoms with E-state index in [4.69, 9.17) is 5.73 Å². The first-order valence-electron chi connectivity index (χ1n) is 4.24. The van der Waals surface area contributed by atoms with Gasteiger partial charge in [0.15, 0.2) is 0 Å². The van der Waals surface area contributed by atoms with Gasteiger partial charge in [0.25, 0.3) is 0 Å². The topological polar surface area (TPSA) is 26.0 Å². The zero-order valence-electron chi connectivity index (χ0n) is 7.20. The van der Waals surface area contributed by atoms with Gasteiger partial charge in [-0.1, -0.05) is 12.1 Å². The maximum Gasteiger partial charge on any atom is 0.0389 e. The van der Waals surface area contributed by atoms with Gasteiger partial charge in [0.05, 0.1) is 0 Å². The van der Waals surface area contributed by atoms with E-state index in [-0.39, 0.29) is 6.04 Å². The second kappa shape index (κ2) is 5.12. The smallest absolute Gasteiger partial charge is 0.0389 e. The Hall–Kier alpha value is -0.600. The van der Waals surface area contributed by atoms with Crippen molar-refractivity contribution in [3.63, 3.8) is 0 Å². The highest BCUT2D eigenvalue weighted by Gasteiger charge is 2.04. The molecule has 0 saturated heterocycles. The molecule has 0 aliphatic carbocycles. The molecular weight excluding hydrogens is 166 g/mol. The monoisotopic (exact) mass is 181 g/mol. The first-order chi connectivity index (χ1) is 5.84. The summed E-state index contributed by atoms with van der Waals surface area (Å²) in [6.07, 6.45) is 5.22. The van der Waals surface area contributed by atoms with Gasteiger partial charge >= 0.3 is 0 Å². The molecule has 1 rings (SSSR count). The quantitative estimate of drug-likeness (QED) is 0.548. The summed E-state index contributed by atoms with van der Waals surface area (Å²) in [7, 11) is 0. The Kier molecular flexibility index (Phi) is 4.05. The second-order valence-corrected chi connectivity index (χ2v) is 3.82. The molecule has 0 aliphatic rings. The number of hydrogen-bond acceptors (Lipinski definition) is 2. The average Bonchev–Trinajstić information content (AvgIpc) is 2.56. The van der Waals surface area contributed by atoms with Crippen LogP contribution in [0.2, 0.25) is 0 Å². The number of nitrogens with two attached hydrogens (primary N) is 1. The molecule has 0 aromatic carbocycles. The van der Waals surface area contributed by atoms with E-state index in [0.29, 0.717) is 0 Å². The van der Waals surface area contributed by atoms with Crippen molar-refractivity contribution in [1.82, 2.24) is 0 Å². The molecule has 0 amide bonds. The van der Waals surface area contributed by atoms with E-state index in [1.165, 1.54) is 4.88 Å². The van der Waals surface area contributed by atoms with Crippen LogP contribution in [0.1, 0.15) is 30.2 Å². The van der Waals surface area contributed by atoms with Crippen molar-refractivity contribution >= 4 is 11.3 Å². The van der Waals surface area contributed by atoms with Gasteiger partial charge in [0.2, 0.25) is 0 Å². The molecular formula is C10H15NS. The van der Waals surface area contributed by atoms with Crippen LogP contribution in [0.4, 0.5) is 0 Å². The lowest BCUT2D eigenvalue weighted by molar-refractivity contribution is 0.626. The molecule has 0 saturated carbocycles. The van der Waals surface area contributed by atoms with Crippen molar-refractivity contribution in [2.45, 2.75) is 25.3 Å². The van der Waals surface area contributed by atoms with E-state index in [1.54, 1.807) is 11.3 Å². The molecule has 1 heterocycles. The van der Waals surface area contributed by atoms with E-state index in [9.17, 15) is 0 Å². The van der Waals surface area contributed by atoms with E-state index in [1.807, 2.05) is 12.1 Å². The van der Waals surface area contributed by atoms with Crippen molar-refractivity contribution in [1.29, 1.82) is 0 Å². The summed E-state index contributed by atoms with van der Waals surface area (Å²) in [6, 6.07) is 4.38. The summed E-state index contributed by atoms with van der Waals surface area (Å²) in [6.45, 7) is 3.68.